The van der Waals surface area contributed by atoms with Gasteiger partial charge in [-0.15, -0.1) is 0 Å². The lowest BCUT2D eigenvalue weighted by molar-refractivity contribution is 0.206. The first-order valence-corrected chi connectivity index (χ1v) is 7.07. The minimum Gasteiger partial charge on any atom is -0.347 e. The second-order valence-corrected chi connectivity index (χ2v) is 5.21. The molecule has 3 nitrogen and oxygen atoms in total. The van der Waals surface area contributed by atoms with Gasteiger partial charge in [0.15, 0.2) is 0 Å². The standard InChI is InChI=1S/C14H25N3/c1-3-11-6-5-7-12(10-11)13(15-4-2)14-16-8-9-17-14/h8-9,11-13,15H,3-7,10H2,1-2H3,(H,16,17). The van der Waals surface area contributed by atoms with E-state index in [2.05, 4.69) is 29.1 Å². The molecule has 3 heteroatoms. The van der Waals surface area contributed by atoms with Gasteiger partial charge < -0.3 is 10.3 Å². The van der Waals surface area contributed by atoms with E-state index >= 15 is 0 Å². The number of aromatic amines is 1. The van der Waals surface area contributed by atoms with Gasteiger partial charge in [0.25, 0.3) is 0 Å². The number of hydrogen-bond acceptors (Lipinski definition) is 2. The fourth-order valence-electron chi connectivity index (χ4n) is 3.16. The van der Waals surface area contributed by atoms with E-state index < -0.39 is 0 Å². The molecule has 0 saturated heterocycles. The Balaban J connectivity index is 2.05. The summed E-state index contributed by atoms with van der Waals surface area (Å²) in [5, 5.41) is 3.61. The highest BCUT2D eigenvalue weighted by molar-refractivity contribution is 4.99. The highest BCUT2D eigenvalue weighted by atomic mass is 15.0. The summed E-state index contributed by atoms with van der Waals surface area (Å²) in [5.74, 6) is 2.79. The molecular formula is C14H25N3. The van der Waals surface area contributed by atoms with Crippen molar-refractivity contribution in [2.45, 2.75) is 52.0 Å². The summed E-state index contributed by atoms with van der Waals surface area (Å²) in [4.78, 5) is 7.72. The molecule has 1 aromatic rings. The van der Waals surface area contributed by atoms with Gasteiger partial charge in [-0.3, -0.25) is 0 Å². The summed E-state index contributed by atoms with van der Waals surface area (Å²) in [5.41, 5.74) is 0. The van der Waals surface area contributed by atoms with Crippen molar-refractivity contribution < 1.29 is 0 Å². The maximum atomic E-state index is 4.44. The molecule has 17 heavy (non-hydrogen) atoms. The van der Waals surface area contributed by atoms with E-state index in [0.717, 1.165) is 24.2 Å². The van der Waals surface area contributed by atoms with Crippen molar-refractivity contribution in [3.63, 3.8) is 0 Å². The lowest BCUT2D eigenvalue weighted by Gasteiger charge is -2.33. The second-order valence-electron chi connectivity index (χ2n) is 5.21. The average Bonchev–Trinajstić information content (AvgIpc) is 2.89. The van der Waals surface area contributed by atoms with Crippen LogP contribution in [0.5, 0.6) is 0 Å². The highest BCUT2D eigenvalue weighted by Crippen LogP contribution is 2.37. The number of hydrogen-bond donors (Lipinski definition) is 2. The maximum absolute atomic E-state index is 4.44. The highest BCUT2D eigenvalue weighted by Gasteiger charge is 2.29. The zero-order valence-electron chi connectivity index (χ0n) is 11.1. The molecule has 1 aromatic heterocycles. The molecule has 2 rings (SSSR count). The van der Waals surface area contributed by atoms with Crippen molar-refractivity contribution in [1.82, 2.24) is 15.3 Å². The van der Waals surface area contributed by atoms with Gasteiger partial charge in [-0.2, -0.15) is 0 Å². The molecule has 2 N–H and O–H groups in total. The Morgan fingerprint density at radius 1 is 1.47 bits per heavy atom. The Hall–Kier alpha value is -0.830. The number of rotatable bonds is 5. The van der Waals surface area contributed by atoms with Gasteiger partial charge in [0.1, 0.15) is 5.82 Å². The van der Waals surface area contributed by atoms with E-state index in [1.807, 2.05) is 12.4 Å². The molecule has 1 aliphatic rings. The third-order valence-electron chi connectivity index (χ3n) is 4.11. The topological polar surface area (TPSA) is 40.7 Å². The van der Waals surface area contributed by atoms with E-state index in [4.69, 9.17) is 0 Å². The molecular weight excluding hydrogens is 210 g/mol. The Morgan fingerprint density at radius 2 is 2.35 bits per heavy atom. The summed E-state index contributed by atoms with van der Waals surface area (Å²) in [6.45, 7) is 5.51. The summed E-state index contributed by atoms with van der Waals surface area (Å²) in [6.07, 6.45) is 10.6. The van der Waals surface area contributed by atoms with Crippen LogP contribution in [0.4, 0.5) is 0 Å². The first-order chi connectivity index (χ1) is 8.35. The molecule has 0 amide bonds. The predicted octanol–water partition coefficient (Wildman–Crippen LogP) is 3.28. The molecule has 0 aliphatic heterocycles. The molecule has 1 heterocycles. The monoisotopic (exact) mass is 235 g/mol. The van der Waals surface area contributed by atoms with Crippen LogP contribution in [0.15, 0.2) is 12.4 Å². The van der Waals surface area contributed by atoms with Crippen LogP contribution in [-0.4, -0.2) is 16.5 Å². The van der Waals surface area contributed by atoms with Gasteiger partial charge in [0.05, 0.1) is 6.04 Å². The van der Waals surface area contributed by atoms with Crippen molar-refractivity contribution >= 4 is 0 Å². The number of aromatic nitrogens is 2. The zero-order valence-corrected chi connectivity index (χ0v) is 11.1. The summed E-state index contributed by atoms with van der Waals surface area (Å²) >= 11 is 0. The molecule has 3 atom stereocenters. The van der Waals surface area contributed by atoms with Gasteiger partial charge in [0, 0.05) is 12.4 Å². The SMILES string of the molecule is CCNC(c1ncc[nH]1)C1CCCC(CC)C1. The molecule has 3 unspecified atom stereocenters. The normalized spacial score (nSPS) is 26.9. The smallest absolute Gasteiger partial charge is 0.123 e. The third kappa shape index (κ3) is 3.09. The number of H-pyrrole nitrogens is 1. The van der Waals surface area contributed by atoms with Crippen LogP contribution in [0.3, 0.4) is 0 Å². The molecule has 0 bridgehead atoms. The van der Waals surface area contributed by atoms with Crippen molar-refractivity contribution in [2.24, 2.45) is 11.8 Å². The minimum atomic E-state index is 0.421. The number of imidazole rings is 1. The molecule has 0 aromatic carbocycles. The fourth-order valence-corrected chi connectivity index (χ4v) is 3.16. The van der Waals surface area contributed by atoms with E-state index in [9.17, 15) is 0 Å². The van der Waals surface area contributed by atoms with Crippen molar-refractivity contribution in [3.05, 3.63) is 18.2 Å². The van der Waals surface area contributed by atoms with Gasteiger partial charge in [-0.1, -0.05) is 33.1 Å². The van der Waals surface area contributed by atoms with Gasteiger partial charge in [-0.05, 0) is 31.2 Å². The Labute approximate surface area is 104 Å². The molecule has 0 radical (unpaired) electrons. The quantitative estimate of drug-likeness (QED) is 0.822. The molecule has 1 fully saturated rings. The second kappa shape index (κ2) is 6.20. The van der Waals surface area contributed by atoms with Crippen LogP contribution in [0.25, 0.3) is 0 Å². The zero-order chi connectivity index (χ0) is 12.1. The average molecular weight is 235 g/mol. The third-order valence-corrected chi connectivity index (χ3v) is 4.11. The first-order valence-electron chi connectivity index (χ1n) is 7.07. The molecule has 1 aliphatic carbocycles. The Bertz CT molecular complexity index is 307. The van der Waals surface area contributed by atoms with Gasteiger partial charge in [0.2, 0.25) is 0 Å². The molecule has 96 valence electrons. The van der Waals surface area contributed by atoms with E-state index in [-0.39, 0.29) is 0 Å². The summed E-state index contributed by atoms with van der Waals surface area (Å²) in [7, 11) is 0. The number of nitrogens with one attached hydrogen (secondary N) is 2. The van der Waals surface area contributed by atoms with Crippen LogP contribution in [-0.2, 0) is 0 Å². The van der Waals surface area contributed by atoms with Crippen LogP contribution in [0, 0.1) is 11.8 Å². The largest absolute Gasteiger partial charge is 0.347 e. The van der Waals surface area contributed by atoms with E-state index in [1.165, 1.54) is 32.1 Å². The molecule has 1 saturated carbocycles. The fraction of sp³-hybridized carbons (Fsp3) is 0.786. The van der Waals surface area contributed by atoms with Crippen molar-refractivity contribution in [2.75, 3.05) is 6.54 Å². The summed E-state index contributed by atoms with van der Waals surface area (Å²) in [6, 6.07) is 0.421. The predicted molar refractivity (Wildman–Crippen MR) is 70.7 cm³/mol. The summed E-state index contributed by atoms with van der Waals surface area (Å²) < 4.78 is 0. The Morgan fingerprint density at radius 3 is 3.00 bits per heavy atom. The van der Waals surface area contributed by atoms with Gasteiger partial charge >= 0.3 is 0 Å². The minimum absolute atomic E-state index is 0.421. The van der Waals surface area contributed by atoms with Crippen LogP contribution in [0.2, 0.25) is 0 Å². The van der Waals surface area contributed by atoms with Crippen molar-refractivity contribution in [3.8, 4) is 0 Å². The van der Waals surface area contributed by atoms with Gasteiger partial charge in [-0.25, -0.2) is 4.98 Å². The van der Waals surface area contributed by atoms with Crippen LogP contribution in [0.1, 0.15) is 57.8 Å². The maximum Gasteiger partial charge on any atom is 0.123 e. The lowest BCUT2D eigenvalue weighted by Crippen LogP contribution is -2.32. The lowest BCUT2D eigenvalue weighted by atomic mass is 9.76. The van der Waals surface area contributed by atoms with Crippen LogP contribution < -0.4 is 5.32 Å². The first kappa shape index (κ1) is 12.6. The van der Waals surface area contributed by atoms with E-state index in [1.54, 1.807) is 0 Å². The molecule has 0 spiro atoms. The van der Waals surface area contributed by atoms with Crippen molar-refractivity contribution in [1.29, 1.82) is 0 Å². The number of nitrogens with zero attached hydrogens (tertiary/aromatic N) is 1. The Kier molecular flexibility index (Phi) is 4.60. The van der Waals surface area contributed by atoms with Crippen LogP contribution >= 0.6 is 0 Å². The van der Waals surface area contributed by atoms with E-state index in [0.29, 0.717) is 6.04 Å².